The van der Waals surface area contributed by atoms with Gasteiger partial charge in [0.2, 0.25) is 5.91 Å². The Morgan fingerprint density at radius 1 is 1.09 bits per heavy atom. The molecule has 0 saturated carbocycles. The number of rotatable bonds is 5. The minimum atomic E-state index is -0.0162. The maximum absolute atomic E-state index is 13.5. The molecule has 1 fully saturated rings. The molecule has 1 saturated heterocycles. The zero-order chi connectivity index (χ0) is 23.0. The highest BCUT2D eigenvalue weighted by atomic mass is 16.2. The Morgan fingerprint density at radius 2 is 1.81 bits per heavy atom. The fourth-order valence-electron chi connectivity index (χ4n) is 4.75. The molecule has 2 aromatic heterocycles. The molecule has 0 bridgehead atoms. The van der Waals surface area contributed by atoms with Gasteiger partial charge in [0, 0.05) is 50.1 Å². The van der Waals surface area contributed by atoms with Crippen LogP contribution in [0.3, 0.4) is 0 Å². The van der Waals surface area contributed by atoms with E-state index in [0.717, 1.165) is 65.3 Å². The zero-order valence-electron chi connectivity index (χ0n) is 19.8. The van der Waals surface area contributed by atoms with Gasteiger partial charge in [0.1, 0.15) is 5.65 Å². The Bertz CT molecular complexity index is 1220. The molecule has 170 valence electrons. The van der Waals surface area contributed by atoms with Gasteiger partial charge in [-0.25, -0.2) is 4.68 Å². The lowest BCUT2D eigenvalue weighted by Gasteiger charge is -2.32. The van der Waals surface area contributed by atoms with Gasteiger partial charge in [-0.2, -0.15) is 5.10 Å². The average molecular weight is 436 g/mol. The highest BCUT2D eigenvalue weighted by Gasteiger charge is 2.23. The fraction of sp³-hybridized carbons (Fsp3) is 0.480. The number of carbonyl (C=O) groups excluding carboxylic acids is 1. The van der Waals surface area contributed by atoms with Crippen molar-refractivity contribution < 1.29 is 4.79 Å². The van der Waals surface area contributed by atoms with E-state index in [1.165, 1.54) is 0 Å². The van der Waals surface area contributed by atoms with Crippen molar-refractivity contribution >= 4 is 16.9 Å². The Hall–Kier alpha value is -2.93. The van der Waals surface area contributed by atoms with E-state index in [-0.39, 0.29) is 11.5 Å². The largest absolute Gasteiger partial charge is 0.340 e. The van der Waals surface area contributed by atoms with Gasteiger partial charge >= 0.3 is 0 Å². The maximum Gasteiger partial charge on any atom is 0.255 e. The zero-order valence-corrected chi connectivity index (χ0v) is 19.8. The van der Waals surface area contributed by atoms with E-state index in [1.807, 2.05) is 42.5 Å². The summed E-state index contributed by atoms with van der Waals surface area (Å²) in [6, 6.07) is 8.15. The molecule has 0 atom stereocenters. The third-order valence-electron chi connectivity index (χ3n) is 6.63. The topological polar surface area (TPSA) is 63.4 Å². The van der Waals surface area contributed by atoms with Crippen molar-refractivity contribution in [1.82, 2.24) is 24.1 Å². The van der Waals surface area contributed by atoms with Gasteiger partial charge in [-0.1, -0.05) is 12.1 Å². The molecule has 0 radical (unpaired) electrons. The van der Waals surface area contributed by atoms with Gasteiger partial charge in [-0.3, -0.25) is 14.2 Å². The van der Waals surface area contributed by atoms with E-state index in [1.54, 1.807) is 4.57 Å². The van der Waals surface area contributed by atoms with Crippen molar-refractivity contribution in [2.45, 2.75) is 47.1 Å². The van der Waals surface area contributed by atoms with Gasteiger partial charge in [-0.05, 0) is 64.4 Å². The Balaban J connectivity index is 1.73. The summed E-state index contributed by atoms with van der Waals surface area (Å²) in [4.78, 5) is 30.5. The smallest absolute Gasteiger partial charge is 0.255 e. The number of hydrogen-bond acceptors (Lipinski definition) is 4. The van der Waals surface area contributed by atoms with Crippen LogP contribution in [0.25, 0.3) is 16.7 Å². The van der Waals surface area contributed by atoms with Crippen LogP contribution in [-0.2, 0) is 17.8 Å². The van der Waals surface area contributed by atoms with Crippen LogP contribution in [0.4, 0.5) is 0 Å². The van der Waals surface area contributed by atoms with Gasteiger partial charge in [-0.15, -0.1) is 0 Å². The SMILES string of the molecule is CCn1c(=O)c(CCC(=O)N2CCN(C)CC2)c(C)c2c(C)nn(-c3cccc(C)c3)c21. The number of fused-ring (bicyclic) bond motifs is 1. The number of nitrogens with zero attached hydrogens (tertiary/aromatic N) is 5. The van der Waals surface area contributed by atoms with Crippen LogP contribution in [0, 0.1) is 20.8 Å². The standard InChI is InChI=1S/C25H33N5O2/c1-6-29-24-23(19(4)26-30(24)20-9-7-8-17(2)16-20)18(3)21(25(29)32)10-11-22(31)28-14-12-27(5)13-15-28/h7-9,16H,6,10-15H2,1-5H3. The Kier molecular flexibility index (Phi) is 6.20. The number of benzene rings is 1. The summed E-state index contributed by atoms with van der Waals surface area (Å²) in [5.74, 6) is 0.132. The molecular formula is C25H33N5O2. The second-order valence-electron chi connectivity index (χ2n) is 8.87. The molecule has 1 aliphatic rings. The first-order chi connectivity index (χ1) is 15.3. The molecule has 4 rings (SSSR count). The van der Waals surface area contributed by atoms with Gasteiger partial charge in [0.05, 0.1) is 11.4 Å². The number of amides is 1. The summed E-state index contributed by atoms with van der Waals surface area (Å²) in [7, 11) is 2.08. The summed E-state index contributed by atoms with van der Waals surface area (Å²) in [6.45, 7) is 11.9. The first kappa shape index (κ1) is 22.3. The number of pyridine rings is 1. The highest BCUT2D eigenvalue weighted by Crippen LogP contribution is 2.26. The van der Waals surface area contributed by atoms with E-state index in [9.17, 15) is 9.59 Å². The number of piperazine rings is 1. The van der Waals surface area contributed by atoms with Crippen LogP contribution < -0.4 is 5.56 Å². The molecule has 1 aromatic carbocycles. The molecule has 7 heteroatoms. The molecule has 0 unspecified atom stereocenters. The van der Waals surface area contributed by atoms with Crippen molar-refractivity contribution in [2.24, 2.45) is 0 Å². The average Bonchev–Trinajstić information content (AvgIpc) is 3.11. The molecule has 0 spiro atoms. The lowest BCUT2D eigenvalue weighted by atomic mass is 10.0. The normalized spacial score (nSPS) is 15.0. The number of aryl methyl sites for hydroxylation is 4. The van der Waals surface area contributed by atoms with Crippen LogP contribution >= 0.6 is 0 Å². The molecule has 1 aliphatic heterocycles. The first-order valence-corrected chi connectivity index (χ1v) is 11.5. The van der Waals surface area contributed by atoms with Crippen molar-refractivity contribution in [3.63, 3.8) is 0 Å². The molecule has 0 N–H and O–H groups in total. The van der Waals surface area contributed by atoms with Crippen molar-refractivity contribution in [3.05, 3.63) is 57.0 Å². The highest BCUT2D eigenvalue weighted by molar-refractivity contribution is 5.85. The van der Waals surface area contributed by atoms with Crippen LogP contribution in [0.5, 0.6) is 0 Å². The monoisotopic (exact) mass is 435 g/mol. The Labute approximate surface area is 189 Å². The van der Waals surface area contributed by atoms with E-state index >= 15 is 0 Å². The van der Waals surface area contributed by atoms with Crippen LogP contribution in [-0.4, -0.2) is 63.3 Å². The third kappa shape index (κ3) is 3.97. The second kappa shape index (κ2) is 8.90. The predicted molar refractivity (Wildman–Crippen MR) is 128 cm³/mol. The molecular weight excluding hydrogens is 402 g/mol. The molecule has 3 heterocycles. The molecule has 1 amide bonds. The summed E-state index contributed by atoms with van der Waals surface area (Å²) in [6.07, 6.45) is 0.820. The number of likely N-dealkylation sites (N-methyl/N-ethyl adjacent to an activating group) is 1. The minimum absolute atomic E-state index is 0.0162. The predicted octanol–water partition coefficient (Wildman–Crippen LogP) is 2.84. The summed E-state index contributed by atoms with van der Waals surface area (Å²) < 4.78 is 3.69. The van der Waals surface area contributed by atoms with Crippen LogP contribution in [0.2, 0.25) is 0 Å². The molecule has 32 heavy (non-hydrogen) atoms. The summed E-state index contributed by atoms with van der Waals surface area (Å²) in [5, 5.41) is 5.81. The summed E-state index contributed by atoms with van der Waals surface area (Å²) >= 11 is 0. The molecule has 7 nitrogen and oxygen atoms in total. The number of hydrogen-bond donors (Lipinski definition) is 0. The number of aromatic nitrogens is 3. The Morgan fingerprint density at radius 3 is 2.47 bits per heavy atom. The van der Waals surface area contributed by atoms with E-state index in [0.29, 0.717) is 19.4 Å². The maximum atomic E-state index is 13.5. The summed E-state index contributed by atoms with van der Waals surface area (Å²) in [5.41, 5.74) is 5.47. The fourth-order valence-corrected chi connectivity index (χ4v) is 4.75. The third-order valence-corrected chi connectivity index (χ3v) is 6.63. The molecule has 0 aliphatic carbocycles. The quantitative estimate of drug-likeness (QED) is 0.618. The second-order valence-corrected chi connectivity index (χ2v) is 8.87. The minimum Gasteiger partial charge on any atom is -0.340 e. The molecule has 3 aromatic rings. The van der Waals surface area contributed by atoms with E-state index in [2.05, 4.69) is 31.0 Å². The first-order valence-electron chi connectivity index (χ1n) is 11.5. The van der Waals surface area contributed by atoms with E-state index in [4.69, 9.17) is 5.10 Å². The van der Waals surface area contributed by atoms with Crippen LogP contribution in [0.15, 0.2) is 29.1 Å². The lowest BCUT2D eigenvalue weighted by molar-refractivity contribution is -0.132. The van der Waals surface area contributed by atoms with Crippen LogP contribution in [0.1, 0.15) is 35.7 Å². The van der Waals surface area contributed by atoms with Gasteiger partial charge < -0.3 is 9.80 Å². The van der Waals surface area contributed by atoms with Gasteiger partial charge in [0.25, 0.3) is 5.56 Å². The van der Waals surface area contributed by atoms with Crippen molar-refractivity contribution in [2.75, 3.05) is 33.2 Å². The van der Waals surface area contributed by atoms with E-state index < -0.39 is 0 Å². The number of carbonyl (C=O) groups is 1. The van der Waals surface area contributed by atoms with Crippen molar-refractivity contribution in [3.8, 4) is 5.69 Å². The van der Waals surface area contributed by atoms with Gasteiger partial charge in [0.15, 0.2) is 0 Å². The van der Waals surface area contributed by atoms with Crippen molar-refractivity contribution in [1.29, 1.82) is 0 Å². The lowest BCUT2D eigenvalue weighted by Crippen LogP contribution is -2.47.